The number of nitrogens with zero attached hydrogens (tertiary/aromatic N) is 3. The molecule has 4 aliphatic heterocycles. The first kappa shape index (κ1) is 21.6. The number of hydrogen-bond donors (Lipinski definition) is 0. The Balaban J connectivity index is 1.03. The summed E-state index contributed by atoms with van der Waals surface area (Å²) in [5.41, 5.74) is 2.42. The van der Waals surface area contributed by atoms with Crippen LogP contribution in [0.3, 0.4) is 0 Å². The molecule has 2 aromatic rings. The minimum Gasteiger partial charge on any atom is -0.486 e. The normalized spacial score (nSPS) is 22.2. The van der Waals surface area contributed by atoms with Crippen molar-refractivity contribution in [1.82, 2.24) is 14.7 Å². The largest absolute Gasteiger partial charge is 0.486 e. The molecule has 1 amide bonds. The molecule has 0 unspecified atom stereocenters. The van der Waals surface area contributed by atoms with E-state index in [1.807, 2.05) is 17.0 Å². The number of rotatable bonds is 5. The Hall–Kier alpha value is -2.97. The van der Waals surface area contributed by atoms with Gasteiger partial charge >= 0.3 is 0 Å². The summed E-state index contributed by atoms with van der Waals surface area (Å²) in [6.45, 7) is 7.07. The summed E-state index contributed by atoms with van der Waals surface area (Å²) in [6.07, 6.45) is 2.17. The molecule has 4 aliphatic rings. The maximum atomic E-state index is 13.1. The van der Waals surface area contributed by atoms with Crippen LogP contribution in [-0.4, -0.2) is 79.9 Å². The molecule has 0 saturated carbocycles. The zero-order chi connectivity index (χ0) is 22.9. The van der Waals surface area contributed by atoms with Gasteiger partial charge in [0.15, 0.2) is 23.0 Å². The van der Waals surface area contributed by atoms with Crippen molar-refractivity contribution in [3.8, 4) is 23.0 Å². The van der Waals surface area contributed by atoms with Crippen molar-refractivity contribution in [3.63, 3.8) is 0 Å². The Morgan fingerprint density at radius 1 is 0.824 bits per heavy atom. The van der Waals surface area contributed by atoms with E-state index in [4.69, 9.17) is 18.9 Å². The Morgan fingerprint density at radius 2 is 1.56 bits per heavy atom. The molecule has 2 fully saturated rings. The van der Waals surface area contributed by atoms with Crippen LogP contribution in [0.1, 0.15) is 30.0 Å². The van der Waals surface area contributed by atoms with Crippen molar-refractivity contribution in [2.45, 2.75) is 25.4 Å². The Bertz CT molecular complexity index is 1050. The monoisotopic (exact) mass is 465 g/mol. The third-order valence-electron chi connectivity index (χ3n) is 7.22. The molecule has 6 rings (SSSR count). The van der Waals surface area contributed by atoms with Crippen LogP contribution in [-0.2, 0) is 11.3 Å². The molecule has 0 radical (unpaired) electrons. The highest BCUT2D eigenvalue weighted by molar-refractivity contribution is 5.78. The van der Waals surface area contributed by atoms with E-state index in [0.717, 1.165) is 75.1 Å². The van der Waals surface area contributed by atoms with Crippen molar-refractivity contribution >= 4 is 5.91 Å². The molecule has 0 N–H and O–H groups in total. The molecule has 0 spiro atoms. The second kappa shape index (κ2) is 9.35. The number of hydrogen-bond acceptors (Lipinski definition) is 7. The third kappa shape index (κ3) is 4.40. The minimum absolute atomic E-state index is 0.229. The van der Waals surface area contributed by atoms with Crippen LogP contribution in [0, 0.1) is 0 Å². The first-order chi connectivity index (χ1) is 16.7. The zero-order valence-electron chi connectivity index (χ0n) is 19.4. The van der Waals surface area contributed by atoms with E-state index in [0.29, 0.717) is 26.6 Å². The molecule has 1 atom stereocenters. The summed E-state index contributed by atoms with van der Waals surface area (Å²) in [6, 6.07) is 12.6. The lowest BCUT2D eigenvalue weighted by Crippen LogP contribution is -2.50. The van der Waals surface area contributed by atoms with E-state index < -0.39 is 0 Å². The predicted octanol–water partition coefficient (Wildman–Crippen LogP) is 2.67. The lowest BCUT2D eigenvalue weighted by atomic mass is 10.0. The third-order valence-corrected chi connectivity index (χ3v) is 7.22. The quantitative estimate of drug-likeness (QED) is 0.673. The van der Waals surface area contributed by atoms with Gasteiger partial charge in [-0.15, -0.1) is 0 Å². The number of carbonyl (C=O) groups excluding carboxylic acids is 1. The number of carbonyl (C=O) groups is 1. The van der Waals surface area contributed by atoms with Crippen LogP contribution in [0.4, 0.5) is 0 Å². The average molecular weight is 466 g/mol. The SMILES string of the molecule is O=C(CN1CCC[C@H]1c1ccc2c(c1)OCCO2)N1CCN(Cc2ccc3c(c2)OCO3)CC1. The highest BCUT2D eigenvalue weighted by Gasteiger charge is 2.31. The summed E-state index contributed by atoms with van der Waals surface area (Å²) in [5, 5.41) is 0. The molecule has 4 heterocycles. The van der Waals surface area contributed by atoms with Gasteiger partial charge in [0.1, 0.15) is 13.2 Å². The van der Waals surface area contributed by atoms with E-state index in [1.165, 1.54) is 11.1 Å². The molecule has 0 bridgehead atoms. The van der Waals surface area contributed by atoms with Gasteiger partial charge in [0, 0.05) is 38.8 Å². The van der Waals surface area contributed by atoms with Crippen molar-refractivity contribution in [2.24, 2.45) is 0 Å². The van der Waals surface area contributed by atoms with E-state index >= 15 is 0 Å². The van der Waals surface area contributed by atoms with Crippen molar-refractivity contribution in [3.05, 3.63) is 47.5 Å². The van der Waals surface area contributed by atoms with Crippen molar-refractivity contribution < 1.29 is 23.7 Å². The second-order valence-corrected chi connectivity index (χ2v) is 9.38. The van der Waals surface area contributed by atoms with Gasteiger partial charge in [-0.1, -0.05) is 12.1 Å². The van der Waals surface area contributed by atoms with Gasteiger partial charge in [0.2, 0.25) is 12.7 Å². The average Bonchev–Trinajstić information content (AvgIpc) is 3.53. The molecule has 0 aromatic heterocycles. The smallest absolute Gasteiger partial charge is 0.236 e. The molecule has 8 nitrogen and oxygen atoms in total. The number of piperazine rings is 1. The van der Waals surface area contributed by atoms with Crippen molar-refractivity contribution in [1.29, 1.82) is 0 Å². The number of amides is 1. The standard InChI is InChI=1S/C26H31N3O5/c30-26(17-29-7-1-2-21(29)20-4-6-22-25(15-20)32-13-12-31-22)28-10-8-27(9-11-28)16-19-3-5-23-24(14-19)34-18-33-23/h3-6,14-15,21H,1-2,7-13,16-18H2/t21-/m0/s1. The Kier molecular flexibility index (Phi) is 5.93. The van der Waals surface area contributed by atoms with Gasteiger partial charge in [-0.05, 0) is 54.8 Å². The molecule has 0 aliphatic carbocycles. The number of likely N-dealkylation sites (tertiary alicyclic amines) is 1. The first-order valence-electron chi connectivity index (χ1n) is 12.3. The van der Waals surface area contributed by atoms with Gasteiger partial charge in [-0.25, -0.2) is 0 Å². The van der Waals surface area contributed by atoms with Gasteiger partial charge in [0.05, 0.1) is 6.54 Å². The van der Waals surface area contributed by atoms with Gasteiger partial charge in [0.25, 0.3) is 0 Å². The molecule has 180 valence electrons. The fraction of sp³-hybridized carbons (Fsp3) is 0.500. The molecular formula is C26H31N3O5. The fourth-order valence-electron chi connectivity index (χ4n) is 5.39. The summed E-state index contributed by atoms with van der Waals surface area (Å²) in [4.78, 5) is 19.9. The predicted molar refractivity (Wildman–Crippen MR) is 125 cm³/mol. The number of fused-ring (bicyclic) bond motifs is 2. The summed E-state index contributed by atoms with van der Waals surface area (Å²) in [5.74, 6) is 3.50. The van der Waals surface area contributed by atoms with Crippen LogP contribution < -0.4 is 18.9 Å². The maximum Gasteiger partial charge on any atom is 0.236 e. The molecule has 34 heavy (non-hydrogen) atoms. The van der Waals surface area contributed by atoms with Crippen LogP contribution in [0.5, 0.6) is 23.0 Å². The molecule has 8 heteroatoms. The molecule has 2 aromatic carbocycles. The number of ether oxygens (including phenoxy) is 4. The van der Waals surface area contributed by atoms with Crippen LogP contribution in [0.25, 0.3) is 0 Å². The topological polar surface area (TPSA) is 63.7 Å². The lowest BCUT2D eigenvalue weighted by molar-refractivity contribution is -0.134. The Morgan fingerprint density at radius 3 is 2.44 bits per heavy atom. The summed E-state index contributed by atoms with van der Waals surface area (Å²) in [7, 11) is 0. The highest BCUT2D eigenvalue weighted by atomic mass is 16.7. The number of benzene rings is 2. The minimum atomic E-state index is 0.229. The van der Waals surface area contributed by atoms with E-state index in [9.17, 15) is 4.79 Å². The maximum absolute atomic E-state index is 13.1. The van der Waals surface area contributed by atoms with Gasteiger partial charge in [-0.2, -0.15) is 0 Å². The van der Waals surface area contributed by atoms with Crippen molar-refractivity contribution in [2.75, 3.05) is 59.3 Å². The second-order valence-electron chi connectivity index (χ2n) is 9.38. The van der Waals surface area contributed by atoms with Crippen LogP contribution in [0.15, 0.2) is 36.4 Å². The van der Waals surface area contributed by atoms with Gasteiger partial charge in [-0.3, -0.25) is 14.6 Å². The van der Waals surface area contributed by atoms with Crippen LogP contribution in [0.2, 0.25) is 0 Å². The summed E-state index contributed by atoms with van der Waals surface area (Å²) < 4.78 is 22.3. The Labute approximate surface area is 199 Å². The molecule has 2 saturated heterocycles. The van der Waals surface area contributed by atoms with E-state index in [1.54, 1.807) is 0 Å². The zero-order valence-corrected chi connectivity index (χ0v) is 19.4. The fourth-order valence-corrected chi connectivity index (χ4v) is 5.39. The highest BCUT2D eigenvalue weighted by Crippen LogP contribution is 2.38. The lowest BCUT2D eigenvalue weighted by Gasteiger charge is -2.36. The first-order valence-corrected chi connectivity index (χ1v) is 12.3. The van der Waals surface area contributed by atoms with E-state index in [-0.39, 0.29) is 11.9 Å². The molecular weight excluding hydrogens is 434 g/mol. The van der Waals surface area contributed by atoms with Gasteiger partial charge < -0.3 is 23.8 Å². The van der Waals surface area contributed by atoms with E-state index in [2.05, 4.69) is 34.1 Å². The summed E-state index contributed by atoms with van der Waals surface area (Å²) >= 11 is 0. The van der Waals surface area contributed by atoms with Crippen LogP contribution >= 0.6 is 0 Å².